The molecule has 1 unspecified atom stereocenters. The van der Waals surface area contributed by atoms with Crippen LogP contribution in [0.4, 0.5) is 4.79 Å². The summed E-state index contributed by atoms with van der Waals surface area (Å²) in [4.78, 5) is 41.4. The molecule has 0 radical (unpaired) electrons. The minimum atomic E-state index is -0.875. The van der Waals surface area contributed by atoms with E-state index in [1.165, 1.54) is 25.0 Å². The van der Waals surface area contributed by atoms with Gasteiger partial charge in [0.1, 0.15) is 11.3 Å². The molecule has 2 bridgehead atoms. The Balaban J connectivity index is 1.58. The number of hydrogen-bond donors (Lipinski definition) is 1. The Bertz CT molecular complexity index is 799. The van der Waals surface area contributed by atoms with Crippen molar-refractivity contribution in [1.29, 1.82) is 0 Å². The Hall–Kier alpha value is -2.37. The third-order valence-electron chi connectivity index (χ3n) is 7.13. The fraction of sp³-hybridized carbons (Fsp3) is 0.571. The first-order valence-corrected chi connectivity index (χ1v) is 9.74. The number of phenols is 1. The van der Waals surface area contributed by atoms with Crippen molar-refractivity contribution in [3.05, 3.63) is 29.8 Å². The molecule has 27 heavy (non-hydrogen) atoms. The maximum Gasteiger partial charge on any atom is 0.327 e. The van der Waals surface area contributed by atoms with E-state index in [9.17, 15) is 19.5 Å². The van der Waals surface area contributed by atoms with Gasteiger partial charge in [-0.15, -0.1) is 0 Å². The zero-order valence-corrected chi connectivity index (χ0v) is 15.9. The number of benzene rings is 1. The number of aromatic hydroxyl groups is 1. The van der Waals surface area contributed by atoms with E-state index in [2.05, 4.69) is 0 Å². The number of amides is 3. The lowest BCUT2D eigenvalue weighted by atomic mass is 9.59. The second-order valence-corrected chi connectivity index (χ2v) is 8.48. The third kappa shape index (κ3) is 2.73. The predicted octanol–water partition coefficient (Wildman–Crippen LogP) is 3.05. The fourth-order valence-corrected chi connectivity index (χ4v) is 5.41. The summed E-state index contributed by atoms with van der Waals surface area (Å²) in [5.74, 6) is 0.654. The summed E-state index contributed by atoms with van der Waals surface area (Å²) in [6.07, 6.45) is 5.69. The summed E-state index contributed by atoms with van der Waals surface area (Å²) in [6.45, 7) is 1.58. The first kappa shape index (κ1) is 18.0. The second kappa shape index (κ2) is 6.36. The van der Waals surface area contributed by atoms with Crippen molar-refractivity contribution in [2.75, 3.05) is 13.6 Å². The van der Waals surface area contributed by atoms with Crippen LogP contribution in [0.2, 0.25) is 0 Å². The van der Waals surface area contributed by atoms with Gasteiger partial charge in [0.2, 0.25) is 0 Å². The van der Waals surface area contributed by atoms with Crippen molar-refractivity contribution < 1.29 is 19.5 Å². The topological polar surface area (TPSA) is 77.9 Å². The first-order chi connectivity index (χ1) is 12.8. The van der Waals surface area contributed by atoms with Crippen LogP contribution in [0.3, 0.4) is 0 Å². The molecule has 1 saturated heterocycles. The molecular formula is C21H26N2O4. The van der Waals surface area contributed by atoms with Gasteiger partial charge in [-0.1, -0.05) is 25.0 Å². The van der Waals surface area contributed by atoms with Crippen LogP contribution >= 0.6 is 0 Å². The maximum absolute atomic E-state index is 13.3. The fourth-order valence-electron chi connectivity index (χ4n) is 5.41. The number of urea groups is 1. The van der Waals surface area contributed by atoms with Gasteiger partial charge in [-0.25, -0.2) is 4.79 Å². The van der Waals surface area contributed by atoms with Crippen LogP contribution in [0.15, 0.2) is 24.3 Å². The van der Waals surface area contributed by atoms with E-state index >= 15 is 0 Å². The van der Waals surface area contributed by atoms with Gasteiger partial charge in [0.05, 0.1) is 6.54 Å². The van der Waals surface area contributed by atoms with E-state index in [-0.39, 0.29) is 29.9 Å². The van der Waals surface area contributed by atoms with Crippen molar-refractivity contribution in [1.82, 2.24) is 9.80 Å². The highest BCUT2D eigenvalue weighted by Crippen LogP contribution is 2.52. The molecule has 0 aromatic heterocycles. The first-order valence-electron chi connectivity index (χ1n) is 9.74. The molecule has 6 nitrogen and oxygen atoms in total. The third-order valence-corrected chi connectivity index (χ3v) is 7.13. The van der Waals surface area contributed by atoms with Gasteiger partial charge in [-0.2, -0.15) is 0 Å². The molecule has 3 aliphatic carbocycles. The van der Waals surface area contributed by atoms with Crippen LogP contribution in [0, 0.1) is 17.8 Å². The molecule has 0 spiro atoms. The smallest absolute Gasteiger partial charge is 0.327 e. The van der Waals surface area contributed by atoms with E-state index < -0.39 is 11.6 Å². The molecule has 4 aliphatic rings. The second-order valence-electron chi connectivity index (χ2n) is 8.48. The molecule has 2 atom stereocenters. The van der Waals surface area contributed by atoms with Crippen LogP contribution in [0.1, 0.15) is 49.4 Å². The van der Waals surface area contributed by atoms with Crippen LogP contribution in [0.25, 0.3) is 0 Å². The molecule has 1 aromatic rings. The van der Waals surface area contributed by atoms with Gasteiger partial charge >= 0.3 is 6.03 Å². The van der Waals surface area contributed by atoms with Gasteiger partial charge in [-0.3, -0.25) is 14.5 Å². The van der Waals surface area contributed by atoms with Crippen LogP contribution < -0.4 is 0 Å². The van der Waals surface area contributed by atoms with Crippen LogP contribution in [0.5, 0.6) is 5.75 Å². The summed E-state index contributed by atoms with van der Waals surface area (Å²) in [7, 11) is 1.68. The van der Waals surface area contributed by atoms with E-state index in [0.717, 1.165) is 24.2 Å². The van der Waals surface area contributed by atoms with Crippen LogP contribution in [-0.2, 0) is 4.79 Å². The molecule has 3 saturated carbocycles. The Morgan fingerprint density at radius 3 is 2.52 bits per heavy atom. The van der Waals surface area contributed by atoms with E-state index in [1.807, 2.05) is 6.92 Å². The highest BCUT2D eigenvalue weighted by molar-refractivity contribution is 6.11. The summed E-state index contributed by atoms with van der Waals surface area (Å²) < 4.78 is 0. The molecule has 1 aliphatic heterocycles. The monoisotopic (exact) mass is 370 g/mol. The average Bonchev–Trinajstić information content (AvgIpc) is 2.85. The number of imide groups is 1. The average molecular weight is 370 g/mol. The highest BCUT2D eigenvalue weighted by Gasteiger charge is 2.60. The van der Waals surface area contributed by atoms with E-state index in [0.29, 0.717) is 17.4 Å². The van der Waals surface area contributed by atoms with Gasteiger partial charge in [0, 0.05) is 12.6 Å². The number of nitrogens with zero attached hydrogens (tertiary/aromatic N) is 2. The van der Waals surface area contributed by atoms with Gasteiger partial charge < -0.3 is 10.0 Å². The number of hydrogen-bond acceptors (Lipinski definition) is 4. The molecule has 6 heteroatoms. The number of phenolic OH excluding ortho intramolecular Hbond substituents is 1. The van der Waals surface area contributed by atoms with Gasteiger partial charge in [0.15, 0.2) is 5.78 Å². The number of Topliss-reactive ketones (excluding diaryl/α,β-unsaturated/α-hetero) is 1. The molecule has 1 heterocycles. The molecule has 4 fully saturated rings. The van der Waals surface area contributed by atoms with Crippen molar-refractivity contribution in [3.63, 3.8) is 0 Å². The number of carbonyl (C=O) groups excluding carboxylic acids is 3. The number of likely N-dealkylation sites (N-methyl/N-ethyl adjacent to an activating group) is 1. The lowest BCUT2D eigenvalue weighted by molar-refractivity contribution is -0.138. The molecule has 3 amide bonds. The largest absolute Gasteiger partial charge is 0.508 e. The number of ketones is 1. The zero-order valence-electron chi connectivity index (χ0n) is 15.9. The summed E-state index contributed by atoms with van der Waals surface area (Å²) in [6, 6.07) is 5.58. The Labute approximate surface area is 159 Å². The quantitative estimate of drug-likeness (QED) is 0.653. The lowest BCUT2D eigenvalue weighted by Crippen LogP contribution is -2.56. The van der Waals surface area contributed by atoms with Gasteiger partial charge in [0.25, 0.3) is 5.91 Å². The number of fused-ring (bicyclic) bond motifs is 3. The molecule has 1 aromatic carbocycles. The normalized spacial score (nSPS) is 33.0. The van der Waals surface area contributed by atoms with Gasteiger partial charge in [-0.05, 0) is 56.1 Å². The minimum Gasteiger partial charge on any atom is -0.508 e. The van der Waals surface area contributed by atoms with Crippen LogP contribution in [-0.4, -0.2) is 51.8 Å². The molecule has 1 N–H and O–H groups in total. The Kier molecular flexibility index (Phi) is 4.24. The summed E-state index contributed by atoms with van der Waals surface area (Å²) in [5, 5.41) is 9.57. The lowest BCUT2D eigenvalue weighted by Gasteiger charge is -2.49. The van der Waals surface area contributed by atoms with E-state index in [1.54, 1.807) is 24.1 Å². The highest BCUT2D eigenvalue weighted by atomic mass is 16.3. The summed E-state index contributed by atoms with van der Waals surface area (Å²) in [5.41, 5.74) is -0.580. The zero-order chi connectivity index (χ0) is 19.3. The van der Waals surface area contributed by atoms with E-state index in [4.69, 9.17) is 0 Å². The minimum absolute atomic E-state index is 0.0138. The molecular weight excluding hydrogens is 344 g/mol. The molecule has 5 rings (SSSR count). The van der Waals surface area contributed by atoms with Crippen molar-refractivity contribution in [2.45, 2.75) is 44.6 Å². The summed E-state index contributed by atoms with van der Waals surface area (Å²) >= 11 is 0. The van der Waals surface area contributed by atoms with Crippen molar-refractivity contribution >= 4 is 17.7 Å². The Morgan fingerprint density at radius 1 is 1.22 bits per heavy atom. The standard InChI is InChI=1S/C21H26N2O4/c1-21(17-10-13-6-8-14(17)9-7-13)19(26)23(20(27)22(21)2)12-18(25)15-4-3-5-16(24)11-15/h3-5,11,13-14,17,24H,6-10,12H2,1-2H3/t13-,14+,17-,21?/m0/s1. The number of rotatable bonds is 4. The molecule has 144 valence electrons. The van der Waals surface area contributed by atoms with Crippen molar-refractivity contribution in [2.24, 2.45) is 17.8 Å². The van der Waals surface area contributed by atoms with Crippen molar-refractivity contribution in [3.8, 4) is 5.75 Å². The maximum atomic E-state index is 13.3. The number of carbonyl (C=O) groups is 3. The predicted molar refractivity (Wildman–Crippen MR) is 99.3 cm³/mol. The SMILES string of the molecule is CN1C(=O)N(CC(=O)c2cccc(O)c2)C(=O)C1(C)[C@H]1C[C@H]2CC[C@@H]1CC2. The Morgan fingerprint density at radius 2 is 1.93 bits per heavy atom.